The maximum absolute atomic E-state index is 12.3. The molecule has 0 atom stereocenters. The molecule has 4 heteroatoms. The van der Waals surface area contributed by atoms with Crippen LogP contribution in [-0.4, -0.2) is 30.3 Å². The predicted molar refractivity (Wildman–Crippen MR) is 76.5 cm³/mol. The van der Waals surface area contributed by atoms with Gasteiger partial charge in [-0.1, -0.05) is 12.5 Å². The van der Waals surface area contributed by atoms with E-state index in [1.807, 2.05) is 25.2 Å². The molecule has 1 aliphatic rings. The molecule has 19 heavy (non-hydrogen) atoms. The molecule has 0 aromatic heterocycles. The van der Waals surface area contributed by atoms with Crippen LogP contribution in [0.1, 0.15) is 40.7 Å². The van der Waals surface area contributed by atoms with E-state index >= 15 is 0 Å². The topological polar surface area (TPSA) is 29.5 Å². The van der Waals surface area contributed by atoms with Crippen LogP contribution in [0.25, 0.3) is 0 Å². The molecule has 1 heterocycles. The van der Waals surface area contributed by atoms with Gasteiger partial charge in [0, 0.05) is 25.0 Å². The summed E-state index contributed by atoms with van der Waals surface area (Å²) in [6.07, 6.45) is 3.09. The molecule has 1 amide bonds. The number of ether oxygens (including phenoxy) is 1. The zero-order valence-electron chi connectivity index (χ0n) is 11.3. The van der Waals surface area contributed by atoms with E-state index in [2.05, 4.69) is 0 Å². The lowest BCUT2D eigenvalue weighted by Crippen LogP contribution is -2.27. The number of amides is 1. The number of alkyl halides is 1. The van der Waals surface area contributed by atoms with E-state index < -0.39 is 0 Å². The zero-order chi connectivity index (χ0) is 13.7. The number of halogens is 1. The monoisotopic (exact) mass is 281 g/mol. The van der Waals surface area contributed by atoms with Gasteiger partial charge in [-0.3, -0.25) is 4.79 Å². The first-order valence-corrected chi connectivity index (χ1v) is 7.27. The molecular formula is C15H20ClNO2. The molecule has 104 valence electrons. The molecule has 1 aliphatic heterocycles. The molecule has 0 aliphatic carbocycles. The summed E-state index contributed by atoms with van der Waals surface area (Å²) in [6, 6.07) is 5.85. The van der Waals surface area contributed by atoms with E-state index in [-0.39, 0.29) is 5.91 Å². The molecule has 1 aromatic carbocycles. The number of rotatable bonds is 6. The van der Waals surface area contributed by atoms with Gasteiger partial charge in [0.1, 0.15) is 0 Å². The number of hydrogen-bond acceptors (Lipinski definition) is 2. The van der Waals surface area contributed by atoms with E-state index in [1.54, 1.807) is 4.90 Å². The largest absolute Gasteiger partial charge is 0.372 e. The van der Waals surface area contributed by atoms with Crippen LogP contribution < -0.4 is 0 Å². The molecule has 1 aromatic rings. The lowest BCUT2D eigenvalue weighted by molar-refractivity contribution is 0.0792. The summed E-state index contributed by atoms with van der Waals surface area (Å²) in [5.41, 5.74) is 3.09. The Labute approximate surface area is 119 Å². The SMILES string of the molecule is CN(CCCCCCl)C(=O)c1ccc2c(c1)COC2. The molecule has 0 saturated heterocycles. The Balaban J connectivity index is 1.91. The van der Waals surface area contributed by atoms with Crippen LogP contribution in [0, 0.1) is 0 Å². The number of carbonyl (C=O) groups excluding carboxylic acids is 1. The summed E-state index contributed by atoms with van der Waals surface area (Å²) in [4.78, 5) is 14.1. The van der Waals surface area contributed by atoms with Crippen LogP contribution in [0.3, 0.4) is 0 Å². The van der Waals surface area contributed by atoms with Gasteiger partial charge in [-0.05, 0) is 36.1 Å². The van der Waals surface area contributed by atoms with Crippen molar-refractivity contribution in [3.05, 3.63) is 34.9 Å². The third kappa shape index (κ3) is 3.71. The fourth-order valence-corrected chi connectivity index (χ4v) is 2.44. The van der Waals surface area contributed by atoms with E-state index in [1.165, 1.54) is 5.56 Å². The van der Waals surface area contributed by atoms with Crippen molar-refractivity contribution < 1.29 is 9.53 Å². The van der Waals surface area contributed by atoms with Crippen LogP contribution in [0.2, 0.25) is 0 Å². The van der Waals surface area contributed by atoms with Crippen molar-refractivity contribution in [1.29, 1.82) is 0 Å². The van der Waals surface area contributed by atoms with Crippen LogP contribution >= 0.6 is 11.6 Å². The summed E-state index contributed by atoms with van der Waals surface area (Å²) >= 11 is 5.64. The highest BCUT2D eigenvalue weighted by atomic mass is 35.5. The highest BCUT2D eigenvalue weighted by Crippen LogP contribution is 2.21. The molecular weight excluding hydrogens is 262 g/mol. The van der Waals surface area contributed by atoms with Crippen molar-refractivity contribution in [2.75, 3.05) is 19.5 Å². The second-order valence-electron chi connectivity index (χ2n) is 4.95. The third-order valence-corrected chi connectivity index (χ3v) is 3.71. The van der Waals surface area contributed by atoms with Gasteiger partial charge >= 0.3 is 0 Å². The molecule has 2 rings (SSSR count). The van der Waals surface area contributed by atoms with Crippen molar-refractivity contribution in [2.45, 2.75) is 32.5 Å². The Morgan fingerprint density at radius 2 is 2.05 bits per heavy atom. The number of hydrogen-bond donors (Lipinski definition) is 0. The normalized spacial score (nSPS) is 13.4. The number of benzene rings is 1. The first kappa shape index (κ1) is 14.4. The molecule has 0 unspecified atom stereocenters. The summed E-state index contributed by atoms with van der Waals surface area (Å²) in [5, 5.41) is 0. The van der Waals surface area contributed by atoms with Crippen molar-refractivity contribution in [2.24, 2.45) is 0 Å². The highest BCUT2D eigenvalue weighted by molar-refractivity contribution is 6.17. The number of fused-ring (bicyclic) bond motifs is 1. The molecule has 0 radical (unpaired) electrons. The minimum absolute atomic E-state index is 0.0839. The second-order valence-corrected chi connectivity index (χ2v) is 5.33. The first-order valence-electron chi connectivity index (χ1n) is 6.73. The predicted octanol–water partition coefficient (Wildman–Crippen LogP) is 3.20. The fraction of sp³-hybridized carbons (Fsp3) is 0.533. The van der Waals surface area contributed by atoms with Crippen LogP contribution in [0.15, 0.2) is 18.2 Å². The minimum Gasteiger partial charge on any atom is -0.372 e. The van der Waals surface area contributed by atoms with E-state index in [9.17, 15) is 4.79 Å². The van der Waals surface area contributed by atoms with Gasteiger partial charge in [-0.25, -0.2) is 0 Å². The fourth-order valence-electron chi connectivity index (χ4n) is 2.25. The van der Waals surface area contributed by atoms with Crippen molar-refractivity contribution >= 4 is 17.5 Å². The second kappa shape index (κ2) is 6.92. The summed E-state index contributed by atoms with van der Waals surface area (Å²) < 4.78 is 5.36. The lowest BCUT2D eigenvalue weighted by atomic mass is 10.1. The smallest absolute Gasteiger partial charge is 0.253 e. The molecule has 0 bridgehead atoms. The molecule has 0 N–H and O–H groups in total. The summed E-state index contributed by atoms with van der Waals surface area (Å²) in [7, 11) is 1.85. The third-order valence-electron chi connectivity index (χ3n) is 3.44. The van der Waals surface area contributed by atoms with Crippen molar-refractivity contribution in [1.82, 2.24) is 4.90 Å². The van der Waals surface area contributed by atoms with E-state index in [4.69, 9.17) is 16.3 Å². The summed E-state index contributed by atoms with van der Waals surface area (Å²) in [5.74, 6) is 0.781. The van der Waals surface area contributed by atoms with Crippen molar-refractivity contribution in [3.63, 3.8) is 0 Å². The lowest BCUT2D eigenvalue weighted by Gasteiger charge is -2.17. The quantitative estimate of drug-likeness (QED) is 0.592. The van der Waals surface area contributed by atoms with Gasteiger partial charge in [0.2, 0.25) is 0 Å². The first-order chi connectivity index (χ1) is 9.22. The number of unbranched alkanes of at least 4 members (excludes halogenated alkanes) is 2. The van der Waals surface area contributed by atoms with Crippen LogP contribution in [0.5, 0.6) is 0 Å². The van der Waals surface area contributed by atoms with Gasteiger partial charge in [0.15, 0.2) is 0 Å². The van der Waals surface area contributed by atoms with Gasteiger partial charge in [-0.15, -0.1) is 11.6 Å². The Hall–Kier alpha value is -1.06. The van der Waals surface area contributed by atoms with E-state index in [0.717, 1.165) is 36.9 Å². The Morgan fingerprint density at radius 3 is 2.84 bits per heavy atom. The van der Waals surface area contributed by atoms with Gasteiger partial charge in [0.05, 0.1) is 13.2 Å². The standard InChI is InChI=1S/C15H20ClNO2/c1-17(8-4-2-3-7-16)15(18)12-5-6-13-10-19-11-14(13)9-12/h5-6,9H,2-4,7-8,10-11H2,1H3. The Morgan fingerprint density at radius 1 is 1.26 bits per heavy atom. The van der Waals surface area contributed by atoms with Crippen LogP contribution in [0.4, 0.5) is 0 Å². The maximum Gasteiger partial charge on any atom is 0.253 e. The average Bonchev–Trinajstić information content (AvgIpc) is 2.89. The van der Waals surface area contributed by atoms with Gasteiger partial charge in [0.25, 0.3) is 5.91 Å². The number of carbonyl (C=O) groups is 1. The Kier molecular flexibility index (Phi) is 5.23. The highest BCUT2D eigenvalue weighted by Gasteiger charge is 2.16. The maximum atomic E-state index is 12.3. The Bertz CT molecular complexity index is 448. The zero-order valence-corrected chi connectivity index (χ0v) is 12.1. The average molecular weight is 282 g/mol. The minimum atomic E-state index is 0.0839. The van der Waals surface area contributed by atoms with Crippen molar-refractivity contribution in [3.8, 4) is 0 Å². The molecule has 0 saturated carbocycles. The molecule has 0 fully saturated rings. The van der Waals surface area contributed by atoms with Gasteiger partial charge < -0.3 is 9.64 Å². The molecule has 0 spiro atoms. The number of nitrogens with zero attached hydrogens (tertiary/aromatic N) is 1. The van der Waals surface area contributed by atoms with E-state index in [0.29, 0.717) is 19.1 Å². The molecule has 3 nitrogen and oxygen atoms in total. The van der Waals surface area contributed by atoms with Gasteiger partial charge in [-0.2, -0.15) is 0 Å². The van der Waals surface area contributed by atoms with Crippen LogP contribution in [-0.2, 0) is 18.0 Å². The summed E-state index contributed by atoms with van der Waals surface area (Å²) in [6.45, 7) is 2.07.